The molecule has 2 aromatic carbocycles. The highest BCUT2D eigenvalue weighted by Gasteiger charge is 2.59. The van der Waals surface area contributed by atoms with E-state index in [9.17, 15) is 4.79 Å². The van der Waals surface area contributed by atoms with Crippen molar-refractivity contribution in [3.8, 4) is 0 Å². The van der Waals surface area contributed by atoms with Crippen molar-refractivity contribution in [2.24, 2.45) is 17.1 Å². The number of benzene rings is 2. The Morgan fingerprint density at radius 2 is 1.94 bits per heavy atom. The fraction of sp³-hybridized carbons (Fsp3) is 0.480. The molecule has 3 N–H and O–H groups in total. The van der Waals surface area contributed by atoms with Gasteiger partial charge >= 0.3 is 5.97 Å². The van der Waals surface area contributed by atoms with Gasteiger partial charge in [-0.05, 0) is 54.4 Å². The van der Waals surface area contributed by atoms with Crippen molar-refractivity contribution in [1.82, 2.24) is 5.32 Å². The number of methoxy groups -OCH3 is 1. The van der Waals surface area contributed by atoms with Crippen LogP contribution in [0.1, 0.15) is 50.2 Å². The summed E-state index contributed by atoms with van der Waals surface area (Å²) in [4.78, 5) is 12.9. The molecule has 4 nitrogen and oxygen atoms in total. The summed E-state index contributed by atoms with van der Waals surface area (Å²) in [7, 11) is 1.26. The number of hydrogen-bond acceptors (Lipinski definition) is 4. The lowest BCUT2D eigenvalue weighted by Gasteiger charge is -2.40. The van der Waals surface area contributed by atoms with Gasteiger partial charge < -0.3 is 10.5 Å². The quantitative estimate of drug-likeness (QED) is 0.514. The predicted octanol–water partition coefficient (Wildman–Crippen LogP) is 5.55. The molecule has 1 aliphatic carbocycles. The summed E-state index contributed by atoms with van der Waals surface area (Å²) in [6, 6.07) is 7.26. The minimum atomic E-state index is -1.48. The van der Waals surface area contributed by atoms with E-state index < -0.39 is 41.1 Å². The van der Waals surface area contributed by atoms with Crippen molar-refractivity contribution in [2.75, 3.05) is 7.11 Å². The van der Waals surface area contributed by atoms with Crippen LogP contribution in [0.4, 0.5) is 8.78 Å². The smallest absolute Gasteiger partial charge is 0.323 e. The van der Waals surface area contributed by atoms with Crippen LogP contribution in [0.3, 0.4) is 0 Å². The number of ether oxygens (including phenoxy) is 1. The Hall–Kier alpha value is -1.73. The third-order valence-corrected chi connectivity index (χ3v) is 7.91. The number of hydrogen-bond donors (Lipinski definition) is 2. The van der Waals surface area contributed by atoms with E-state index >= 15 is 8.78 Å². The maximum atomic E-state index is 15.4. The Balaban J connectivity index is 1.93. The first-order chi connectivity index (χ1) is 15.5. The van der Waals surface area contributed by atoms with Gasteiger partial charge in [-0.15, -0.1) is 0 Å². The average molecular weight is 497 g/mol. The molecule has 2 fully saturated rings. The molecule has 1 saturated carbocycles. The molecular weight excluding hydrogens is 469 g/mol. The van der Waals surface area contributed by atoms with Crippen molar-refractivity contribution in [1.29, 1.82) is 0 Å². The molecule has 4 rings (SSSR count). The van der Waals surface area contributed by atoms with Crippen LogP contribution in [-0.2, 0) is 15.1 Å². The van der Waals surface area contributed by atoms with Gasteiger partial charge in [0.15, 0.2) is 0 Å². The minimum Gasteiger partial charge on any atom is -0.468 e. The number of esters is 1. The van der Waals surface area contributed by atoms with Crippen LogP contribution in [-0.4, -0.2) is 25.2 Å². The summed E-state index contributed by atoms with van der Waals surface area (Å²) in [6.45, 7) is 4.29. The van der Waals surface area contributed by atoms with E-state index in [0.29, 0.717) is 12.3 Å². The Labute approximate surface area is 202 Å². The van der Waals surface area contributed by atoms with Crippen LogP contribution in [0.2, 0.25) is 10.0 Å². The standard InChI is InChI=1S/C25H28Cl2F2N2O2/c1-24(2,13-7-8-13)12-19-25(30,16-10-9-14(26)11-18(16)28)20(22(31-19)23(32)33-3)15-5-4-6-17(27)21(15)29/h4-6,9-11,13,19-20,22,31H,7-8,12,30H2,1-3H3/t19-,20-,22+,25+/m0/s1. The maximum Gasteiger partial charge on any atom is 0.323 e. The van der Waals surface area contributed by atoms with E-state index in [1.807, 2.05) is 0 Å². The summed E-state index contributed by atoms with van der Waals surface area (Å²) in [5, 5.41) is 3.42. The molecule has 1 aliphatic heterocycles. The summed E-state index contributed by atoms with van der Waals surface area (Å²) in [5.74, 6) is -2.36. The number of carbonyl (C=O) groups is 1. The zero-order valence-electron chi connectivity index (χ0n) is 18.8. The SMILES string of the molecule is COC(=O)[C@@H]1N[C@@H](CC(C)(C)C2CC2)[C@](N)(c2ccc(Cl)cc2F)[C@H]1c1cccc(Cl)c1F. The summed E-state index contributed by atoms with van der Waals surface area (Å²) in [5.41, 5.74) is 5.81. The van der Waals surface area contributed by atoms with E-state index in [-0.39, 0.29) is 26.6 Å². The number of halogens is 4. The van der Waals surface area contributed by atoms with E-state index in [1.54, 1.807) is 12.1 Å². The van der Waals surface area contributed by atoms with Crippen LogP contribution in [0, 0.1) is 23.0 Å². The van der Waals surface area contributed by atoms with Crippen LogP contribution in [0.15, 0.2) is 36.4 Å². The summed E-state index contributed by atoms with van der Waals surface area (Å²) >= 11 is 12.1. The second-order valence-electron chi connectivity index (χ2n) is 9.86. The van der Waals surface area contributed by atoms with Crippen LogP contribution >= 0.6 is 23.2 Å². The van der Waals surface area contributed by atoms with Gasteiger partial charge in [0.1, 0.15) is 17.7 Å². The maximum absolute atomic E-state index is 15.4. The highest BCUT2D eigenvalue weighted by Crippen LogP contribution is 2.54. The number of nitrogens with two attached hydrogens (primary N) is 1. The number of carbonyl (C=O) groups excluding carboxylic acids is 1. The number of rotatable bonds is 6. The van der Waals surface area contributed by atoms with Gasteiger partial charge in [-0.1, -0.05) is 55.2 Å². The topological polar surface area (TPSA) is 64.3 Å². The zero-order valence-corrected chi connectivity index (χ0v) is 20.3. The largest absolute Gasteiger partial charge is 0.468 e. The fourth-order valence-electron chi connectivity index (χ4n) is 5.45. The molecule has 178 valence electrons. The fourth-order valence-corrected chi connectivity index (χ4v) is 5.79. The van der Waals surface area contributed by atoms with E-state index in [2.05, 4.69) is 19.2 Å². The molecule has 1 saturated heterocycles. The summed E-state index contributed by atoms with van der Waals surface area (Å²) < 4.78 is 35.8. The van der Waals surface area contributed by atoms with Crippen molar-refractivity contribution in [3.63, 3.8) is 0 Å². The first kappa shape index (κ1) is 24.4. The lowest BCUT2D eigenvalue weighted by atomic mass is 9.67. The molecule has 33 heavy (non-hydrogen) atoms. The third-order valence-electron chi connectivity index (χ3n) is 7.39. The van der Waals surface area contributed by atoms with Gasteiger partial charge in [-0.3, -0.25) is 10.1 Å². The molecular formula is C25H28Cl2F2N2O2. The second kappa shape index (κ2) is 8.81. The van der Waals surface area contributed by atoms with Crippen molar-refractivity contribution in [2.45, 2.75) is 56.7 Å². The van der Waals surface area contributed by atoms with E-state index in [0.717, 1.165) is 12.8 Å². The minimum absolute atomic E-state index is 0.100. The van der Waals surface area contributed by atoms with Crippen LogP contribution < -0.4 is 11.1 Å². The van der Waals surface area contributed by atoms with Gasteiger partial charge in [0, 0.05) is 22.5 Å². The molecule has 0 aromatic heterocycles. The second-order valence-corrected chi connectivity index (χ2v) is 10.7. The third kappa shape index (κ3) is 4.27. The summed E-state index contributed by atoms with van der Waals surface area (Å²) in [6.07, 6.45) is 2.78. The molecule has 2 aliphatic rings. The highest BCUT2D eigenvalue weighted by atomic mass is 35.5. The Kier molecular flexibility index (Phi) is 6.51. The normalized spacial score (nSPS) is 27.6. The lowest BCUT2D eigenvalue weighted by Crippen LogP contribution is -2.52. The molecule has 0 bridgehead atoms. The Bertz CT molecular complexity index is 1080. The van der Waals surface area contributed by atoms with E-state index in [1.165, 1.54) is 31.4 Å². The molecule has 1 heterocycles. The molecule has 0 spiro atoms. The first-order valence-electron chi connectivity index (χ1n) is 11.0. The van der Waals surface area contributed by atoms with Gasteiger partial charge in [-0.2, -0.15) is 0 Å². The van der Waals surface area contributed by atoms with E-state index in [4.69, 9.17) is 33.7 Å². The van der Waals surface area contributed by atoms with Crippen molar-refractivity contribution < 1.29 is 18.3 Å². The molecule has 0 unspecified atom stereocenters. The first-order valence-corrected chi connectivity index (χ1v) is 11.8. The molecule has 0 radical (unpaired) electrons. The Morgan fingerprint density at radius 1 is 1.24 bits per heavy atom. The predicted molar refractivity (Wildman–Crippen MR) is 125 cm³/mol. The average Bonchev–Trinajstić information content (AvgIpc) is 3.57. The molecule has 4 atom stereocenters. The van der Waals surface area contributed by atoms with Crippen LogP contribution in [0.5, 0.6) is 0 Å². The van der Waals surface area contributed by atoms with Gasteiger partial charge in [0.05, 0.1) is 17.7 Å². The number of nitrogens with one attached hydrogen (secondary N) is 1. The van der Waals surface area contributed by atoms with Gasteiger partial charge in [0.25, 0.3) is 0 Å². The molecule has 0 amide bonds. The van der Waals surface area contributed by atoms with Gasteiger partial charge in [-0.25, -0.2) is 8.78 Å². The van der Waals surface area contributed by atoms with Crippen LogP contribution in [0.25, 0.3) is 0 Å². The monoisotopic (exact) mass is 496 g/mol. The molecule has 8 heteroatoms. The highest BCUT2D eigenvalue weighted by molar-refractivity contribution is 6.31. The zero-order chi connectivity index (χ0) is 24.1. The molecule has 2 aromatic rings. The Morgan fingerprint density at radius 3 is 2.55 bits per heavy atom. The van der Waals surface area contributed by atoms with Gasteiger partial charge in [0.2, 0.25) is 0 Å². The van der Waals surface area contributed by atoms with Crippen molar-refractivity contribution >= 4 is 29.2 Å². The lowest BCUT2D eigenvalue weighted by molar-refractivity contribution is -0.143. The van der Waals surface area contributed by atoms with Crippen molar-refractivity contribution in [3.05, 3.63) is 69.2 Å².